The first-order valence-electron chi connectivity index (χ1n) is 5.99. The summed E-state index contributed by atoms with van der Waals surface area (Å²) in [7, 11) is -2.52. The van der Waals surface area contributed by atoms with E-state index in [1.54, 1.807) is 0 Å². The summed E-state index contributed by atoms with van der Waals surface area (Å²) < 4.78 is 40.2. The van der Waals surface area contributed by atoms with Crippen LogP contribution >= 0.6 is 23.2 Å². The Balaban J connectivity index is 3.32. The second-order valence-corrected chi connectivity index (χ2v) is 8.55. The molecule has 0 unspecified atom stereocenters. The molecule has 1 aromatic rings. The molecule has 3 nitrogen and oxygen atoms in total. The minimum absolute atomic E-state index is 0.0712. The summed E-state index contributed by atoms with van der Waals surface area (Å²) in [5.41, 5.74) is -0.173. The van der Waals surface area contributed by atoms with Gasteiger partial charge in [0.05, 0.1) is 5.88 Å². The van der Waals surface area contributed by atoms with Gasteiger partial charge in [0.25, 0.3) is 0 Å². The van der Waals surface area contributed by atoms with Gasteiger partial charge in [-0.25, -0.2) is 17.1 Å². The molecule has 0 spiro atoms. The van der Waals surface area contributed by atoms with Crippen molar-refractivity contribution in [3.63, 3.8) is 0 Å². The lowest BCUT2D eigenvalue weighted by atomic mass is 9.97. The van der Waals surface area contributed by atoms with Crippen LogP contribution in [-0.4, -0.2) is 26.3 Å². The van der Waals surface area contributed by atoms with E-state index in [4.69, 9.17) is 23.2 Å². The van der Waals surface area contributed by atoms with Gasteiger partial charge >= 0.3 is 0 Å². The minimum atomic E-state index is -3.94. The standard InChI is InChI=1S/C13H18Cl2FNO2S/c1-13(2,3)8-17(4)20(18,19)11-6-10(15)5-9(7-14)12(11)16/h5-6H,7-8H2,1-4H3. The van der Waals surface area contributed by atoms with Gasteiger partial charge in [-0.2, -0.15) is 0 Å². The molecule has 0 aliphatic rings. The molecular formula is C13H18Cl2FNO2S. The van der Waals surface area contributed by atoms with Gasteiger partial charge < -0.3 is 0 Å². The maximum Gasteiger partial charge on any atom is 0.245 e. The fourth-order valence-electron chi connectivity index (χ4n) is 1.82. The smallest absolute Gasteiger partial charge is 0.207 e. The van der Waals surface area contributed by atoms with E-state index in [1.807, 2.05) is 20.8 Å². The average Bonchev–Trinajstić information content (AvgIpc) is 2.29. The van der Waals surface area contributed by atoms with Crippen molar-refractivity contribution >= 4 is 33.2 Å². The molecule has 0 aliphatic heterocycles. The highest BCUT2D eigenvalue weighted by Gasteiger charge is 2.29. The Morgan fingerprint density at radius 2 is 1.85 bits per heavy atom. The van der Waals surface area contributed by atoms with Gasteiger partial charge in [0.2, 0.25) is 10.0 Å². The van der Waals surface area contributed by atoms with E-state index in [0.29, 0.717) is 0 Å². The number of halogens is 3. The maximum atomic E-state index is 14.2. The zero-order valence-corrected chi connectivity index (χ0v) is 14.2. The van der Waals surface area contributed by atoms with Gasteiger partial charge in [-0.05, 0) is 17.5 Å². The molecule has 20 heavy (non-hydrogen) atoms. The molecule has 0 saturated carbocycles. The third-order valence-corrected chi connectivity index (χ3v) is 4.92. The lowest BCUT2D eigenvalue weighted by Crippen LogP contribution is -2.35. The predicted molar refractivity (Wildman–Crippen MR) is 80.2 cm³/mol. The third kappa shape index (κ3) is 4.07. The molecule has 1 rings (SSSR count). The SMILES string of the molecule is CN(CC(C)(C)C)S(=O)(=O)c1cc(Cl)cc(CCl)c1F. The number of sulfonamides is 1. The van der Waals surface area contributed by atoms with Crippen LogP contribution in [0.15, 0.2) is 17.0 Å². The Morgan fingerprint density at radius 1 is 1.30 bits per heavy atom. The normalized spacial score (nSPS) is 13.0. The Bertz CT molecular complexity index is 597. The molecule has 0 fully saturated rings. The van der Waals surface area contributed by atoms with Crippen molar-refractivity contribution in [2.45, 2.75) is 31.5 Å². The number of benzene rings is 1. The first-order chi connectivity index (χ1) is 8.99. The number of rotatable bonds is 4. The van der Waals surface area contributed by atoms with Crippen LogP contribution in [0.1, 0.15) is 26.3 Å². The van der Waals surface area contributed by atoms with E-state index in [0.717, 1.165) is 10.4 Å². The summed E-state index contributed by atoms with van der Waals surface area (Å²) in [5, 5.41) is 0.143. The van der Waals surface area contributed by atoms with Crippen LogP contribution in [0.5, 0.6) is 0 Å². The summed E-state index contributed by atoms with van der Waals surface area (Å²) >= 11 is 11.4. The largest absolute Gasteiger partial charge is 0.245 e. The molecule has 0 saturated heterocycles. The quantitative estimate of drug-likeness (QED) is 0.779. The molecule has 0 aromatic heterocycles. The van der Waals surface area contributed by atoms with Gasteiger partial charge in [-0.1, -0.05) is 32.4 Å². The van der Waals surface area contributed by atoms with E-state index >= 15 is 0 Å². The van der Waals surface area contributed by atoms with Gasteiger partial charge in [0, 0.05) is 24.2 Å². The lowest BCUT2D eigenvalue weighted by Gasteiger charge is -2.26. The van der Waals surface area contributed by atoms with Crippen molar-refractivity contribution in [2.24, 2.45) is 5.41 Å². The van der Waals surface area contributed by atoms with Gasteiger partial charge in [0.15, 0.2) is 0 Å². The van der Waals surface area contributed by atoms with Gasteiger partial charge in [-0.3, -0.25) is 0 Å². The number of nitrogens with zero attached hydrogens (tertiary/aromatic N) is 1. The van der Waals surface area contributed by atoms with Crippen molar-refractivity contribution in [2.75, 3.05) is 13.6 Å². The van der Waals surface area contributed by atoms with Crippen LogP contribution < -0.4 is 0 Å². The van der Waals surface area contributed by atoms with Crippen LogP contribution in [0.4, 0.5) is 4.39 Å². The molecule has 0 radical (unpaired) electrons. The summed E-state index contributed by atoms with van der Waals surface area (Å²) in [6, 6.07) is 2.44. The molecule has 0 N–H and O–H groups in total. The highest BCUT2D eigenvalue weighted by Crippen LogP contribution is 2.28. The molecule has 114 valence electrons. The van der Waals surface area contributed by atoms with E-state index in [-0.39, 0.29) is 28.4 Å². The van der Waals surface area contributed by atoms with Gasteiger partial charge in [-0.15, -0.1) is 11.6 Å². The van der Waals surface area contributed by atoms with Crippen LogP contribution in [0, 0.1) is 11.2 Å². The molecule has 0 atom stereocenters. The molecule has 0 heterocycles. The van der Waals surface area contributed by atoms with E-state index in [2.05, 4.69) is 0 Å². The maximum absolute atomic E-state index is 14.2. The summed E-state index contributed by atoms with van der Waals surface area (Å²) in [5.74, 6) is -0.983. The van der Waals surface area contributed by atoms with Crippen molar-refractivity contribution < 1.29 is 12.8 Å². The van der Waals surface area contributed by atoms with E-state index < -0.39 is 20.7 Å². The fraction of sp³-hybridized carbons (Fsp3) is 0.538. The van der Waals surface area contributed by atoms with Crippen LogP contribution in [-0.2, 0) is 15.9 Å². The zero-order chi connectivity index (χ0) is 15.7. The van der Waals surface area contributed by atoms with Crippen LogP contribution in [0.3, 0.4) is 0 Å². The van der Waals surface area contributed by atoms with Crippen molar-refractivity contribution in [1.82, 2.24) is 4.31 Å². The van der Waals surface area contributed by atoms with Gasteiger partial charge in [0.1, 0.15) is 10.7 Å². The second-order valence-electron chi connectivity index (χ2n) is 5.83. The Hall–Kier alpha value is -0.360. The highest BCUT2D eigenvalue weighted by molar-refractivity contribution is 7.89. The molecular weight excluding hydrogens is 324 g/mol. The molecule has 0 bridgehead atoms. The first-order valence-corrected chi connectivity index (χ1v) is 8.34. The molecule has 7 heteroatoms. The van der Waals surface area contributed by atoms with Crippen molar-refractivity contribution in [3.8, 4) is 0 Å². The fourth-order valence-corrected chi connectivity index (χ4v) is 3.85. The van der Waals surface area contributed by atoms with Crippen molar-refractivity contribution in [1.29, 1.82) is 0 Å². The molecule has 0 aliphatic carbocycles. The minimum Gasteiger partial charge on any atom is -0.207 e. The highest BCUT2D eigenvalue weighted by atomic mass is 35.5. The Kier molecular flexibility index (Phi) is 5.46. The summed E-state index contributed by atoms with van der Waals surface area (Å²) in [4.78, 5) is -0.438. The van der Waals surface area contributed by atoms with Crippen LogP contribution in [0.2, 0.25) is 5.02 Å². The zero-order valence-electron chi connectivity index (χ0n) is 11.9. The number of hydrogen-bond acceptors (Lipinski definition) is 2. The Labute approximate surface area is 129 Å². The first kappa shape index (κ1) is 17.7. The molecule has 1 aromatic carbocycles. The average molecular weight is 342 g/mol. The summed E-state index contributed by atoms with van der Waals surface area (Å²) in [6.45, 7) is 5.96. The number of alkyl halides is 1. The monoisotopic (exact) mass is 341 g/mol. The third-order valence-electron chi connectivity index (χ3n) is 2.61. The predicted octanol–water partition coefficient (Wildman–Crippen LogP) is 3.88. The summed E-state index contributed by atoms with van der Waals surface area (Å²) in [6.07, 6.45) is 0. The Morgan fingerprint density at radius 3 is 2.30 bits per heavy atom. The van der Waals surface area contributed by atoms with E-state index in [1.165, 1.54) is 13.1 Å². The lowest BCUT2D eigenvalue weighted by molar-refractivity contribution is 0.310. The van der Waals surface area contributed by atoms with Crippen LogP contribution in [0.25, 0.3) is 0 Å². The molecule has 0 amide bonds. The van der Waals surface area contributed by atoms with Crippen molar-refractivity contribution in [3.05, 3.63) is 28.5 Å². The van der Waals surface area contributed by atoms with E-state index in [9.17, 15) is 12.8 Å². The number of hydrogen-bond donors (Lipinski definition) is 0. The topological polar surface area (TPSA) is 37.4 Å². The second kappa shape index (κ2) is 6.18.